The summed E-state index contributed by atoms with van der Waals surface area (Å²) in [6, 6.07) is 13.4. The summed E-state index contributed by atoms with van der Waals surface area (Å²) in [6.45, 7) is 0. The van der Waals surface area contributed by atoms with Gasteiger partial charge in [-0.2, -0.15) is 13.2 Å². The number of halogens is 3. The average Bonchev–Trinajstić information content (AvgIpc) is 2.79. The van der Waals surface area contributed by atoms with Crippen molar-refractivity contribution in [3.05, 3.63) is 66.7 Å². The van der Waals surface area contributed by atoms with Gasteiger partial charge in [0.2, 0.25) is 0 Å². The molecule has 0 aliphatic rings. The maximum absolute atomic E-state index is 13.1. The van der Waals surface area contributed by atoms with Crippen LogP contribution in [0.4, 0.5) is 18.9 Å². The first kappa shape index (κ1) is 25.2. The van der Waals surface area contributed by atoms with Crippen molar-refractivity contribution in [2.45, 2.75) is 15.3 Å². The summed E-state index contributed by atoms with van der Waals surface area (Å²) in [5.41, 5.74) is -5.86. The molecule has 3 rings (SSSR count). The van der Waals surface area contributed by atoms with E-state index in [4.69, 9.17) is 14.2 Å². The van der Waals surface area contributed by atoms with Gasteiger partial charge in [-0.05, 0) is 36.4 Å². The van der Waals surface area contributed by atoms with E-state index in [2.05, 4.69) is 4.72 Å². The molecule has 0 spiro atoms. The van der Waals surface area contributed by atoms with Crippen LogP contribution in [0, 0.1) is 0 Å². The van der Waals surface area contributed by atoms with Crippen LogP contribution in [0.25, 0.3) is 0 Å². The Bertz CT molecular complexity index is 1390. The van der Waals surface area contributed by atoms with Crippen molar-refractivity contribution in [3.63, 3.8) is 0 Å². The summed E-state index contributed by atoms with van der Waals surface area (Å²) >= 11 is 0. The third-order valence-electron chi connectivity index (χ3n) is 4.45. The number of alkyl halides is 3. The number of benzene rings is 3. The van der Waals surface area contributed by atoms with E-state index in [1.807, 2.05) is 0 Å². The van der Waals surface area contributed by atoms with Gasteiger partial charge in [-0.3, -0.25) is 4.72 Å². The number of hydrogen-bond acceptors (Lipinski definition) is 7. The summed E-state index contributed by atoms with van der Waals surface area (Å²) < 4.78 is 107. The number of sulfone groups is 1. The Hall–Kier alpha value is -3.45. The van der Waals surface area contributed by atoms with Crippen molar-refractivity contribution in [2.24, 2.45) is 0 Å². The second-order valence-electron chi connectivity index (χ2n) is 6.64. The first-order valence-corrected chi connectivity index (χ1v) is 12.3. The van der Waals surface area contributed by atoms with Gasteiger partial charge in [0.25, 0.3) is 19.9 Å². The number of hydrogen-bond donors (Lipinski definition) is 1. The standard InChI is InChI=1S/C21H18F3NO7S2/c1-30-18-11-8-14(12-20(18)31-2)32-19-13-16(33(26,27)21(22,23)24)9-10-17(19)25-34(28,29)15-6-4-3-5-7-15/h3-13,25H,1-2H3. The zero-order valence-electron chi connectivity index (χ0n) is 17.7. The van der Waals surface area contributed by atoms with E-state index in [9.17, 15) is 30.0 Å². The van der Waals surface area contributed by atoms with Crippen LogP contribution in [-0.2, 0) is 19.9 Å². The number of sulfonamides is 1. The minimum absolute atomic E-state index is 0.0133. The fraction of sp³-hybridized carbons (Fsp3) is 0.143. The van der Waals surface area contributed by atoms with Crippen LogP contribution in [0.2, 0.25) is 0 Å². The summed E-state index contributed by atoms with van der Waals surface area (Å²) in [5, 5.41) is 0. The highest BCUT2D eigenvalue weighted by Gasteiger charge is 2.47. The molecule has 182 valence electrons. The lowest BCUT2D eigenvalue weighted by atomic mass is 10.2. The molecule has 0 aliphatic heterocycles. The maximum Gasteiger partial charge on any atom is 0.501 e. The van der Waals surface area contributed by atoms with E-state index < -0.39 is 36.0 Å². The molecule has 0 radical (unpaired) electrons. The van der Waals surface area contributed by atoms with Gasteiger partial charge in [0.1, 0.15) is 5.75 Å². The van der Waals surface area contributed by atoms with Gasteiger partial charge in [-0.1, -0.05) is 18.2 Å². The fourth-order valence-electron chi connectivity index (χ4n) is 2.78. The lowest BCUT2D eigenvalue weighted by Crippen LogP contribution is -2.23. The Labute approximate surface area is 193 Å². The molecule has 0 fully saturated rings. The van der Waals surface area contributed by atoms with Crippen molar-refractivity contribution in [2.75, 3.05) is 18.9 Å². The zero-order valence-corrected chi connectivity index (χ0v) is 19.3. The molecule has 0 aliphatic carbocycles. The Morgan fingerprint density at radius 2 is 1.38 bits per heavy atom. The highest BCUT2D eigenvalue weighted by molar-refractivity contribution is 7.93. The van der Waals surface area contributed by atoms with Crippen LogP contribution in [0.5, 0.6) is 23.0 Å². The number of rotatable bonds is 8. The SMILES string of the molecule is COc1ccc(Oc2cc(S(=O)(=O)C(F)(F)F)ccc2NS(=O)(=O)c2ccccc2)cc1OC. The smallest absolute Gasteiger partial charge is 0.493 e. The van der Waals surface area contributed by atoms with Crippen molar-refractivity contribution in [1.29, 1.82) is 0 Å². The zero-order chi connectivity index (χ0) is 25.1. The largest absolute Gasteiger partial charge is 0.501 e. The predicted octanol–water partition coefficient (Wildman–Crippen LogP) is 4.59. The lowest BCUT2D eigenvalue weighted by Gasteiger charge is -2.16. The third-order valence-corrected chi connectivity index (χ3v) is 7.31. The maximum atomic E-state index is 13.1. The van der Waals surface area contributed by atoms with Gasteiger partial charge >= 0.3 is 5.51 Å². The molecule has 0 unspecified atom stereocenters. The minimum atomic E-state index is -5.73. The monoisotopic (exact) mass is 517 g/mol. The Morgan fingerprint density at radius 3 is 1.97 bits per heavy atom. The summed E-state index contributed by atoms with van der Waals surface area (Å²) in [7, 11) is -7.17. The van der Waals surface area contributed by atoms with Gasteiger partial charge in [0, 0.05) is 12.1 Å². The second-order valence-corrected chi connectivity index (χ2v) is 10.3. The fourth-order valence-corrected chi connectivity index (χ4v) is 4.65. The number of ether oxygens (including phenoxy) is 3. The molecular formula is C21H18F3NO7S2. The summed E-state index contributed by atoms with van der Waals surface area (Å²) in [6.07, 6.45) is 0. The summed E-state index contributed by atoms with van der Waals surface area (Å²) in [5.74, 6) is 0.0650. The van der Waals surface area contributed by atoms with Crippen LogP contribution in [0.3, 0.4) is 0 Å². The number of methoxy groups -OCH3 is 2. The third kappa shape index (κ3) is 5.20. The topological polar surface area (TPSA) is 108 Å². The van der Waals surface area contributed by atoms with Gasteiger partial charge in [-0.15, -0.1) is 0 Å². The highest BCUT2D eigenvalue weighted by atomic mass is 32.2. The predicted molar refractivity (Wildman–Crippen MR) is 117 cm³/mol. The van der Waals surface area contributed by atoms with Crippen molar-refractivity contribution in [1.82, 2.24) is 0 Å². The number of nitrogens with one attached hydrogen (secondary N) is 1. The molecular weight excluding hydrogens is 499 g/mol. The molecule has 0 saturated heterocycles. The van der Waals surface area contributed by atoms with Gasteiger partial charge in [0.15, 0.2) is 17.2 Å². The molecule has 0 heterocycles. The first-order chi connectivity index (χ1) is 15.9. The molecule has 13 heteroatoms. The van der Waals surface area contributed by atoms with E-state index in [1.54, 1.807) is 6.07 Å². The van der Waals surface area contributed by atoms with Crippen LogP contribution >= 0.6 is 0 Å². The molecule has 0 aromatic heterocycles. The molecule has 3 aromatic carbocycles. The summed E-state index contributed by atoms with van der Waals surface area (Å²) in [4.78, 5) is -1.25. The van der Waals surface area contributed by atoms with Gasteiger partial charge in [-0.25, -0.2) is 16.8 Å². The Morgan fingerprint density at radius 1 is 0.735 bits per heavy atom. The molecule has 3 aromatic rings. The van der Waals surface area contributed by atoms with Crippen LogP contribution in [-0.4, -0.2) is 36.6 Å². The van der Waals surface area contributed by atoms with E-state index in [1.165, 1.54) is 56.7 Å². The second kappa shape index (κ2) is 9.43. The molecule has 8 nitrogen and oxygen atoms in total. The highest BCUT2D eigenvalue weighted by Crippen LogP contribution is 2.39. The van der Waals surface area contributed by atoms with E-state index in [-0.39, 0.29) is 22.1 Å². The molecule has 1 N–H and O–H groups in total. The van der Waals surface area contributed by atoms with E-state index in [0.29, 0.717) is 17.9 Å². The normalized spacial score (nSPS) is 12.1. The first-order valence-electron chi connectivity index (χ1n) is 9.32. The molecule has 0 saturated carbocycles. The van der Waals surface area contributed by atoms with E-state index in [0.717, 1.165) is 6.07 Å². The van der Waals surface area contributed by atoms with Gasteiger partial charge in [0.05, 0.1) is 29.7 Å². The Balaban J connectivity index is 2.11. The Kier molecular flexibility index (Phi) is 6.98. The minimum Gasteiger partial charge on any atom is -0.493 e. The van der Waals surface area contributed by atoms with Crippen LogP contribution in [0.1, 0.15) is 0 Å². The van der Waals surface area contributed by atoms with Crippen molar-refractivity contribution < 1.29 is 44.2 Å². The van der Waals surface area contributed by atoms with Crippen LogP contribution < -0.4 is 18.9 Å². The number of anilines is 1. The van der Waals surface area contributed by atoms with Crippen molar-refractivity contribution >= 4 is 25.5 Å². The molecule has 0 bridgehead atoms. The molecule has 34 heavy (non-hydrogen) atoms. The van der Waals surface area contributed by atoms with Crippen LogP contribution in [0.15, 0.2) is 76.5 Å². The molecule has 0 atom stereocenters. The average molecular weight is 518 g/mol. The van der Waals surface area contributed by atoms with Gasteiger partial charge < -0.3 is 14.2 Å². The quantitative estimate of drug-likeness (QED) is 0.466. The lowest BCUT2D eigenvalue weighted by molar-refractivity contribution is -0.0436. The molecule has 0 amide bonds. The van der Waals surface area contributed by atoms with Crippen molar-refractivity contribution in [3.8, 4) is 23.0 Å². The van der Waals surface area contributed by atoms with E-state index >= 15 is 0 Å².